The van der Waals surface area contributed by atoms with E-state index in [2.05, 4.69) is 11.1 Å². The third-order valence-electron chi connectivity index (χ3n) is 5.83. The molecule has 0 spiro atoms. The van der Waals surface area contributed by atoms with Crippen molar-refractivity contribution < 1.29 is 14.6 Å². The van der Waals surface area contributed by atoms with Gasteiger partial charge in [-0.15, -0.1) is 11.3 Å². The van der Waals surface area contributed by atoms with Crippen molar-refractivity contribution in [3.8, 4) is 0 Å². The van der Waals surface area contributed by atoms with Gasteiger partial charge in [-0.25, -0.2) is 9.78 Å². The van der Waals surface area contributed by atoms with Gasteiger partial charge in [0.15, 0.2) is 6.10 Å². The van der Waals surface area contributed by atoms with Crippen LogP contribution in [0, 0.1) is 6.92 Å². The SMILES string of the molecule is CC1=NC=CC(c2c(C(OC(C)(C)C)C(=O)O)c(C)nc3sc4c(c23)CCCC4)C1. The van der Waals surface area contributed by atoms with Gasteiger partial charge < -0.3 is 9.84 Å². The van der Waals surface area contributed by atoms with E-state index < -0.39 is 17.7 Å². The van der Waals surface area contributed by atoms with Crippen LogP contribution in [0.4, 0.5) is 0 Å². The first-order chi connectivity index (χ1) is 14.2. The molecule has 2 aromatic rings. The zero-order valence-corrected chi connectivity index (χ0v) is 19.2. The highest BCUT2D eigenvalue weighted by Crippen LogP contribution is 2.45. The molecule has 2 atom stereocenters. The monoisotopic (exact) mass is 426 g/mol. The maximum Gasteiger partial charge on any atom is 0.337 e. The van der Waals surface area contributed by atoms with Crippen molar-refractivity contribution in [2.75, 3.05) is 0 Å². The number of aromatic nitrogens is 1. The van der Waals surface area contributed by atoms with Gasteiger partial charge in [0.25, 0.3) is 0 Å². The molecule has 0 aromatic carbocycles. The molecule has 0 bridgehead atoms. The van der Waals surface area contributed by atoms with Gasteiger partial charge in [-0.05, 0) is 77.8 Å². The molecule has 4 rings (SSSR count). The number of hydrogen-bond donors (Lipinski definition) is 1. The number of hydrogen-bond acceptors (Lipinski definition) is 5. The molecule has 0 saturated heterocycles. The number of aliphatic imine (C=N–C) groups is 1. The first kappa shape index (κ1) is 21.2. The lowest BCUT2D eigenvalue weighted by Crippen LogP contribution is -2.29. The first-order valence-corrected chi connectivity index (χ1v) is 11.5. The summed E-state index contributed by atoms with van der Waals surface area (Å²) >= 11 is 1.78. The van der Waals surface area contributed by atoms with Gasteiger partial charge in [-0.3, -0.25) is 4.99 Å². The number of carboxylic acid groups (broad SMARTS) is 1. The molecule has 0 radical (unpaired) electrons. The molecule has 5 nitrogen and oxygen atoms in total. The Bertz CT molecular complexity index is 1060. The van der Waals surface area contributed by atoms with Crippen molar-refractivity contribution in [1.29, 1.82) is 0 Å². The number of rotatable bonds is 4. The minimum absolute atomic E-state index is 0.0766. The third-order valence-corrected chi connectivity index (χ3v) is 7.01. The van der Waals surface area contributed by atoms with Crippen LogP contribution in [0.3, 0.4) is 0 Å². The van der Waals surface area contributed by atoms with Crippen LogP contribution in [0.15, 0.2) is 17.3 Å². The quantitative estimate of drug-likeness (QED) is 0.662. The second kappa shape index (κ2) is 7.89. The fraction of sp³-hybridized carbons (Fsp3) is 0.542. The van der Waals surface area contributed by atoms with E-state index in [1.54, 1.807) is 11.3 Å². The molecule has 1 N–H and O–H groups in total. The van der Waals surface area contributed by atoms with Gasteiger partial charge in [0.2, 0.25) is 0 Å². The Morgan fingerprint density at radius 1 is 1.27 bits per heavy atom. The van der Waals surface area contributed by atoms with Crippen molar-refractivity contribution >= 4 is 33.2 Å². The summed E-state index contributed by atoms with van der Waals surface area (Å²) in [5, 5.41) is 11.3. The summed E-state index contributed by atoms with van der Waals surface area (Å²) in [5.74, 6) is -0.891. The highest BCUT2D eigenvalue weighted by atomic mass is 32.1. The first-order valence-electron chi connectivity index (χ1n) is 10.7. The van der Waals surface area contributed by atoms with Gasteiger partial charge in [0.05, 0.1) is 5.60 Å². The fourth-order valence-electron chi connectivity index (χ4n) is 4.66. The molecule has 0 amide bonds. The second-order valence-corrected chi connectivity index (χ2v) is 10.5. The highest BCUT2D eigenvalue weighted by molar-refractivity contribution is 7.18. The zero-order chi connectivity index (χ0) is 21.6. The molecule has 2 aliphatic rings. The molecule has 0 saturated carbocycles. The van der Waals surface area contributed by atoms with E-state index in [4.69, 9.17) is 9.72 Å². The zero-order valence-electron chi connectivity index (χ0n) is 18.4. The number of nitrogens with zero attached hydrogens (tertiary/aromatic N) is 2. The van der Waals surface area contributed by atoms with E-state index in [1.807, 2.05) is 40.8 Å². The summed E-state index contributed by atoms with van der Waals surface area (Å²) in [4.78, 5) is 24.2. The van der Waals surface area contributed by atoms with Crippen LogP contribution in [0.5, 0.6) is 0 Å². The predicted octanol–water partition coefficient (Wildman–Crippen LogP) is 5.89. The lowest BCUT2D eigenvalue weighted by molar-refractivity contribution is -0.160. The molecular weight excluding hydrogens is 396 g/mol. The van der Waals surface area contributed by atoms with Gasteiger partial charge in [-0.2, -0.15) is 0 Å². The molecule has 2 aromatic heterocycles. The van der Waals surface area contributed by atoms with E-state index >= 15 is 0 Å². The van der Waals surface area contributed by atoms with Gasteiger partial charge in [0, 0.05) is 39.4 Å². The van der Waals surface area contributed by atoms with Crippen LogP contribution in [0.25, 0.3) is 10.2 Å². The number of fused-ring (bicyclic) bond motifs is 3. The topological polar surface area (TPSA) is 71.8 Å². The number of aliphatic carboxylic acids is 1. The normalized spacial score (nSPS) is 20.2. The van der Waals surface area contributed by atoms with Gasteiger partial charge in [-0.1, -0.05) is 6.08 Å². The van der Waals surface area contributed by atoms with Crippen molar-refractivity contribution in [3.63, 3.8) is 0 Å². The minimum Gasteiger partial charge on any atom is -0.479 e. The number of aryl methyl sites for hydroxylation is 3. The van der Waals surface area contributed by atoms with Crippen LogP contribution in [0.1, 0.15) is 86.2 Å². The Morgan fingerprint density at radius 3 is 2.67 bits per heavy atom. The summed E-state index contributed by atoms with van der Waals surface area (Å²) in [6, 6.07) is 0. The van der Waals surface area contributed by atoms with Crippen LogP contribution in [-0.4, -0.2) is 27.4 Å². The third kappa shape index (κ3) is 3.95. The minimum atomic E-state index is -1.05. The highest BCUT2D eigenvalue weighted by Gasteiger charge is 2.35. The Balaban J connectivity index is 2.02. The Hall–Kier alpha value is -2.05. The predicted molar refractivity (Wildman–Crippen MR) is 122 cm³/mol. The summed E-state index contributed by atoms with van der Waals surface area (Å²) < 4.78 is 6.10. The number of carbonyl (C=O) groups is 1. The van der Waals surface area contributed by atoms with Crippen LogP contribution < -0.4 is 0 Å². The summed E-state index contributed by atoms with van der Waals surface area (Å²) in [6.07, 6.45) is 8.20. The van der Waals surface area contributed by atoms with E-state index in [0.717, 1.165) is 46.6 Å². The second-order valence-electron chi connectivity index (χ2n) is 9.38. The van der Waals surface area contributed by atoms with Gasteiger partial charge >= 0.3 is 5.97 Å². The van der Waals surface area contributed by atoms with E-state index in [-0.39, 0.29) is 5.92 Å². The molecule has 0 fully saturated rings. The summed E-state index contributed by atoms with van der Waals surface area (Å²) in [6.45, 7) is 9.65. The average molecular weight is 427 g/mol. The standard InChI is InChI=1S/C24H30N2O3S/c1-13-12-15(10-11-25-13)19-18(21(23(27)28)29-24(3,4)5)14(2)26-22-20(19)16-8-6-7-9-17(16)30-22/h10-11,15,21H,6-9,12H2,1-5H3,(H,27,28). The van der Waals surface area contributed by atoms with Crippen molar-refractivity contribution in [3.05, 3.63) is 39.5 Å². The molecule has 6 heteroatoms. The molecule has 1 aliphatic heterocycles. The van der Waals surface area contributed by atoms with Gasteiger partial charge in [0.1, 0.15) is 4.83 Å². The van der Waals surface area contributed by atoms with Crippen LogP contribution in [0.2, 0.25) is 0 Å². The van der Waals surface area contributed by atoms with Crippen LogP contribution in [-0.2, 0) is 22.4 Å². The van der Waals surface area contributed by atoms with E-state index in [9.17, 15) is 9.90 Å². The average Bonchev–Trinajstić information content (AvgIpc) is 3.02. The van der Waals surface area contributed by atoms with Crippen LogP contribution >= 0.6 is 11.3 Å². The molecule has 1 aliphatic carbocycles. The number of pyridine rings is 1. The van der Waals surface area contributed by atoms with E-state index in [1.165, 1.54) is 28.7 Å². The maximum atomic E-state index is 12.4. The molecule has 3 heterocycles. The molecule has 2 unspecified atom stereocenters. The number of thiophene rings is 1. The molecule has 160 valence electrons. The maximum absolute atomic E-state index is 12.4. The van der Waals surface area contributed by atoms with Crippen molar-refractivity contribution in [1.82, 2.24) is 4.98 Å². The smallest absolute Gasteiger partial charge is 0.337 e. The molecule has 30 heavy (non-hydrogen) atoms. The summed E-state index contributed by atoms with van der Waals surface area (Å²) in [7, 11) is 0. The van der Waals surface area contributed by atoms with Crippen molar-refractivity contribution in [2.45, 2.75) is 84.3 Å². The summed E-state index contributed by atoms with van der Waals surface area (Å²) in [5.41, 5.74) is 4.40. The Labute approximate surface area is 181 Å². The number of ether oxygens (including phenoxy) is 1. The Kier molecular flexibility index (Phi) is 5.58. The lowest BCUT2D eigenvalue weighted by atomic mass is 9.82. The molecular formula is C24H30N2O3S. The van der Waals surface area contributed by atoms with E-state index in [0.29, 0.717) is 0 Å². The lowest BCUT2D eigenvalue weighted by Gasteiger charge is -2.30. The Morgan fingerprint density at radius 2 is 2.00 bits per heavy atom. The number of carboxylic acids is 1. The van der Waals surface area contributed by atoms with Crippen molar-refractivity contribution in [2.24, 2.45) is 4.99 Å². The fourth-order valence-corrected chi connectivity index (χ4v) is 5.99. The number of allylic oxidation sites excluding steroid dienone is 1. The largest absolute Gasteiger partial charge is 0.479 e.